The van der Waals surface area contributed by atoms with Crippen molar-refractivity contribution in [3.63, 3.8) is 0 Å². The zero-order valence-electron chi connectivity index (χ0n) is 16.7. The first kappa shape index (κ1) is 20.4. The summed E-state index contributed by atoms with van der Waals surface area (Å²) in [5, 5.41) is 2.82. The van der Waals surface area contributed by atoms with E-state index in [9.17, 15) is 4.79 Å². The first-order valence-electron chi connectivity index (χ1n) is 9.51. The number of anilines is 1. The van der Waals surface area contributed by atoms with Crippen LogP contribution in [-0.4, -0.2) is 35.2 Å². The van der Waals surface area contributed by atoms with Crippen molar-refractivity contribution in [3.05, 3.63) is 72.3 Å². The van der Waals surface area contributed by atoms with Gasteiger partial charge in [0.25, 0.3) is 0 Å². The van der Waals surface area contributed by atoms with Crippen LogP contribution in [0, 0.1) is 0 Å². The van der Waals surface area contributed by atoms with Crippen LogP contribution in [0.4, 0.5) is 5.69 Å². The molecule has 1 amide bonds. The summed E-state index contributed by atoms with van der Waals surface area (Å²) in [6.45, 7) is 3.15. The lowest BCUT2D eigenvalue weighted by atomic mass is 10.1. The molecular formula is C22H26N4O3. The Bertz CT molecular complexity index is 940. The van der Waals surface area contributed by atoms with Gasteiger partial charge in [-0.2, -0.15) is 0 Å². The quantitative estimate of drug-likeness (QED) is 0.582. The van der Waals surface area contributed by atoms with Gasteiger partial charge in [-0.25, -0.2) is 4.98 Å². The minimum Gasteiger partial charge on any atom is -0.493 e. The van der Waals surface area contributed by atoms with Crippen LogP contribution in [0.15, 0.2) is 61.1 Å². The second kappa shape index (κ2) is 9.75. The third-order valence-electron chi connectivity index (χ3n) is 4.39. The minimum absolute atomic E-state index is 0.283. The predicted molar refractivity (Wildman–Crippen MR) is 112 cm³/mol. The summed E-state index contributed by atoms with van der Waals surface area (Å²) in [6.07, 6.45) is 4.02. The van der Waals surface area contributed by atoms with E-state index in [2.05, 4.69) is 22.4 Å². The molecule has 152 valence electrons. The Hall–Kier alpha value is -3.32. The largest absolute Gasteiger partial charge is 0.493 e. The van der Waals surface area contributed by atoms with Crippen LogP contribution in [0.2, 0.25) is 0 Å². The van der Waals surface area contributed by atoms with Crippen molar-refractivity contribution in [1.29, 1.82) is 0 Å². The van der Waals surface area contributed by atoms with Gasteiger partial charge in [-0.1, -0.05) is 30.3 Å². The molecule has 2 aromatic carbocycles. The summed E-state index contributed by atoms with van der Waals surface area (Å²) in [6, 6.07) is 14.6. The number of hydrogen-bond donors (Lipinski definition) is 2. The monoisotopic (exact) mass is 394 g/mol. The highest BCUT2D eigenvalue weighted by atomic mass is 16.5. The number of ether oxygens (including phenoxy) is 2. The molecule has 3 N–H and O–H groups in total. The van der Waals surface area contributed by atoms with Crippen molar-refractivity contribution in [1.82, 2.24) is 9.55 Å². The summed E-state index contributed by atoms with van der Waals surface area (Å²) >= 11 is 0. The Morgan fingerprint density at radius 1 is 1.21 bits per heavy atom. The Morgan fingerprint density at radius 2 is 2.00 bits per heavy atom. The average molecular weight is 394 g/mol. The number of nitrogens with two attached hydrogens (primary N) is 1. The zero-order valence-corrected chi connectivity index (χ0v) is 16.7. The third-order valence-corrected chi connectivity index (χ3v) is 4.39. The van der Waals surface area contributed by atoms with E-state index in [1.165, 1.54) is 5.56 Å². The van der Waals surface area contributed by atoms with Gasteiger partial charge in [0.15, 0.2) is 11.5 Å². The third kappa shape index (κ3) is 5.58. The van der Waals surface area contributed by atoms with Gasteiger partial charge in [0.05, 0.1) is 31.8 Å². The van der Waals surface area contributed by atoms with Crippen molar-refractivity contribution >= 4 is 11.6 Å². The standard InChI is InChI=1S/C22H26N4O3/c1-3-29-20-10-9-17(12-21(20)28-2)25-22(27)19(23)11-18-14-26(15-24-18)13-16-7-5-4-6-8-16/h4-10,12,14-15,19H,3,11,13,23H2,1-2H3,(H,25,27)/t19-/m0/s1. The van der Waals surface area contributed by atoms with E-state index < -0.39 is 6.04 Å². The molecule has 29 heavy (non-hydrogen) atoms. The number of nitrogens with zero attached hydrogens (tertiary/aromatic N) is 2. The molecule has 3 aromatic rings. The molecule has 0 radical (unpaired) electrons. The fraction of sp³-hybridized carbons (Fsp3) is 0.273. The maximum absolute atomic E-state index is 12.5. The summed E-state index contributed by atoms with van der Waals surface area (Å²) in [4.78, 5) is 16.8. The molecule has 0 spiro atoms. The molecule has 0 aliphatic carbocycles. The number of carbonyl (C=O) groups excluding carboxylic acids is 1. The molecule has 0 aliphatic rings. The van der Waals surface area contributed by atoms with Crippen molar-refractivity contribution in [2.75, 3.05) is 19.0 Å². The zero-order chi connectivity index (χ0) is 20.6. The molecule has 7 heteroatoms. The molecule has 0 bridgehead atoms. The molecule has 1 aromatic heterocycles. The highest BCUT2D eigenvalue weighted by molar-refractivity contribution is 5.95. The Labute approximate surface area is 170 Å². The van der Waals surface area contributed by atoms with Crippen molar-refractivity contribution in [2.45, 2.75) is 25.9 Å². The average Bonchev–Trinajstić information content (AvgIpc) is 3.16. The van der Waals surface area contributed by atoms with E-state index in [1.807, 2.05) is 35.9 Å². The molecule has 0 unspecified atom stereocenters. The predicted octanol–water partition coefficient (Wildman–Crippen LogP) is 2.85. The number of rotatable bonds is 9. The summed E-state index contributed by atoms with van der Waals surface area (Å²) in [5.41, 5.74) is 8.64. The number of imidazole rings is 1. The maximum Gasteiger partial charge on any atom is 0.241 e. The lowest BCUT2D eigenvalue weighted by Gasteiger charge is -2.14. The first-order chi connectivity index (χ1) is 14.1. The smallest absolute Gasteiger partial charge is 0.241 e. The van der Waals surface area contributed by atoms with Gasteiger partial charge in [-0.3, -0.25) is 4.79 Å². The summed E-state index contributed by atoms with van der Waals surface area (Å²) in [7, 11) is 1.56. The second-order valence-corrected chi connectivity index (χ2v) is 6.62. The van der Waals surface area contributed by atoms with Gasteiger partial charge < -0.3 is 25.1 Å². The number of aromatic nitrogens is 2. The van der Waals surface area contributed by atoms with Crippen molar-refractivity contribution in [3.8, 4) is 11.5 Å². The van der Waals surface area contributed by atoms with Gasteiger partial charge >= 0.3 is 0 Å². The highest BCUT2D eigenvalue weighted by Gasteiger charge is 2.17. The number of nitrogens with one attached hydrogen (secondary N) is 1. The van der Waals surface area contributed by atoms with Gasteiger partial charge in [0, 0.05) is 30.9 Å². The van der Waals surface area contributed by atoms with Crippen LogP contribution in [0.5, 0.6) is 11.5 Å². The molecule has 0 aliphatic heterocycles. The van der Waals surface area contributed by atoms with Crippen LogP contribution < -0.4 is 20.5 Å². The second-order valence-electron chi connectivity index (χ2n) is 6.62. The fourth-order valence-electron chi connectivity index (χ4n) is 2.97. The lowest BCUT2D eigenvalue weighted by molar-refractivity contribution is -0.117. The molecule has 0 saturated heterocycles. The van der Waals surface area contributed by atoms with Gasteiger partial charge in [-0.15, -0.1) is 0 Å². The van der Waals surface area contributed by atoms with E-state index in [0.29, 0.717) is 30.2 Å². The van der Waals surface area contributed by atoms with Crippen molar-refractivity contribution < 1.29 is 14.3 Å². The Kier molecular flexibility index (Phi) is 6.86. The first-order valence-corrected chi connectivity index (χ1v) is 9.51. The number of carbonyl (C=O) groups is 1. The molecule has 3 rings (SSSR count). The summed E-state index contributed by atoms with van der Waals surface area (Å²) in [5.74, 6) is 0.896. The SMILES string of the molecule is CCOc1ccc(NC(=O)[C@@H](N)Cc2cn(Cc3ccccc3)cn2)cc1OC. The number of amides is 1. The number of methoxy groups -OCH3 is 1. The van der Waals surface area contributed by atoms with Crippen LogP contribution in [0.25, 0.3) is 0 Å². The maximum atomic E-state index is 12.5. The van der Waals surface area contributed by atoms with Crippen LogP contribution in [0.1, 0.15) is 18.2 Å². The normalized spacial score (nSPS) is 11.7. The molecular weight excluding hydrogens is 368 g/mol. The Morgan fingerprint density at radius 3 is 2.72 bits per heavy atom. The summed E-state index contributed by atoms with van der Waals surface area (Å²) < 4.78 is 12.8. The van der Waals surface area contributed by atoms with E-state index >= 15 is 0 Å². The molecule has 1 atom stereocenters. The van der Waals surface area contributed by atoms with Crippen LogP contribution in [0.3, 0.4) is 0 Å². The lowest BCUT2D eigenvalue weighted by Crippen LogP contribution is -2.37. The minimum atomic E-state index is -0.715. The van der Waals surface area contributed by atoms with Gasteiger partial charge in [0.1, 0.15) is 0 Å². The van der Waals surface area contributed by atoms with Crippen molar-refractivity contribution in [2.24, 2.45) is 5.73 Å². The fourth-order valence-corrected chi connectivity index (χ4v) is 2.97. The molecule has 1 heterocycles. The van der Waals surface area contributed by atoms with E-state index in [0.717, 1.165) is 12.2 Å². The Balaban J connectivity index is 1.58. The molecule has 7 nitrogen and oxygen atoms in total. The topological polar surface area (TPSA) is 91.4 Å². The van der Waals surface area contributed by atoms with E-state index in [-0.39, 0.29) is 5.91 Å². The highest BCUT2D eigenvalue weighted by Crippen LogP contribution is 2.30. The van der Waals surface area contributed by atoms with Gasteiger partial charge in [-0.05, 0) is 24.6 Å². The van der Waals surface area contributed by atoms with E-state index in [1.54, 1.807) is 31.6 Å². The molecule has 0 fully saturated rings. The number of hydrogen-bond acceptors (Lipinski definition) is 5. The molecule has 0 saturated carbocycles. The van der Waals surface area contributed by atoms with E-state index in [4.69, 9.17) is 15.2 Å². The number of benzene rings is 2. The van der Waals surface area contributed by atoms with Crippen LogP contribution >= 0.6 is 0 Å². The van der Waals surface area contributed by atoms with Crippen LogP contribution in [-0.2, 0) is 17.8 Å². The van der Waals surface area contributed by atoms with Gasteiger partial charge in [0.2, 0.25) is 5.91 Å².